The topological polar surface area (TPSA) is 62.1 Å². The summed E-state index contributed by atoms with van der Waals surface area (Å²) in [5, 5.41) is 10.5. The summed E-state index contributed by atoms with van der Waals surface area (Å²) >= 11 is 1.35. The summed E-state index contributed by atoms with van der Waals surface area (Å²) in [4.78, 5) is 20.3. The molecule has 1 saturated heterocycles. The normalized spacial score (nSPS) is 16.3. The molecule has 5 nitrogen and oxygen atoms in total. The molecule has 0 saturated carbocycles. The quantitative estimate of drug-likeness (QED) is 0.543. The molecule has 0 radical (unpaired) electrons. The van der Waals surface area contributed by atoms with Crippen LogP contribution in [-0.4, -0.2) is 34.7 Å². The number of para-hydroxylation sites is 1. The number of thioether (sulfide) groups is 1. The van der Waals surface area contributed by atoms with E-state index in [1.807, 2.05) is 48.5 Å². The summed E-state index contributed by atoms with van der Waals surface area (Å²) in [6.07, 6.45) is 2.54. The standard InChI is InChI=1S/C25H22N2O3S/c1-30-22-16-19(12-13-21(22)28)17-23-24(29)27(15-14-18-8-4-2-5-9-18)25(31-23)26-20-10-6-3-7-11-20/h2-13,16-17,28H,14-15H2,1H3/b23-17+,26-25?. The van der Waals surface area contributed by atoms with E-state index in [-0.39, 0.29) is 11.7 Å². The molecule has 6 heteroatoms. The Morgan fingerprint density at radius 2 is 1.74 bits per heavy atom. The number of amidine groups is 1. The highest BCUT2D eigenvalue weighted by Gasteiger charge is 2.33. The number of hydrogen-bond donors (Lipinski definition) is 1. The molecule has 1 heterocycles. The highest BCUT2D eigenvalue weighted by Crippen LogP contribution is 2.35. The van der Waals surface area contributed by atoms with Gasteiger partial charge >= 0.3 is 0 Å². The molecule has 1 fully saturated rings. The first-order chi connectivity index (χ1) is 15.1. The van der Waals surface area contributed by atoms with Crippen LogP contribution in [0.1, 0.15) is 11.1 Å². The zero-order chi connectivity index (χ0) is 21.6. The number of carbonyl (C=O) groups is 1. The largest absolute Gasteiger partial charge is 0.504 e. The molecule has 0 aliphatic carbocycles. The number of amides is 1. The Bertz CT molecular complexity index is 1130. The van der Waals surface area contributed by atoms with Crippen LogP contribution in [0, 0.1) is 0 Å². The van der Waals surface area contributed by atoms with Crippen molar-refractivity contribution < 1.29 is 14.6 Å². The number of nitrogens with zero attached hydrogens (tertiary/aromatic N) is 2. The van der Waals surface area contributed by atoms with E-state index in [0.717, 1.165) is 17.7 Å². The second kappa shape index (κ2) is 9.53. The minimum Gasteiger partial charge on any atom is -0.504 e. The van der Waals surface area contributed by atoms with Crippen molar-refractivity contribution in [1.29, 1.82) is 0 Å². The molecule has 0 unspecified atom stereocenters. The van der Waals surface area contributed by atoms with Gasteiger partial charge in [-0.05, 0) is 59.7 Å². The van der Waals surface area contributed by atoms with Crippen LogP contribution in [0.2, 0.25) is 0 Å². The Balaban J connectivity index is 1.64. The maximum Gasteiger partial charge on any atom is 0.266 e. The predicted molar refractivity (Wildman–Crippen MR) is 126 cm³/mol. The highest BCUT2D eigenvalue weighted by atomic mass is 32.2. The molecular weight excluding hydrogens is 408 g/mol. The summed E-state index contributed by atoms with van der Waals surface area (Å²) in [7, 11) is 1.50. The van der Waals surface area contributed by atoms with Crippen molar-refractivity contribution in [2.24, 2.45) is 4.99 Å². The van der Waals surface area contributed by atoms with Crippen LogP contribution < -0.4 is 4.74 Å². The van der Waals surface area contributed by atoms with Crippen molar-refractivity contribution in [3.05, 3.63) is 94.9 Å². The zero-order valence-electron chi connectivity index (χ0n) is 17.1. The smallest absolute Gasteiger partial charge is 0.266 e. The summed E-state index contributed by atoms with van der Waals surface area (Å²) in [6, 6.07) is 24.7. The maximum absolute atomic E-state index is 13.2. The Morgan fingerprint density at radius 3 is 2.45 bits per heavy atom. The van der Waals surface area contributed by atoms with Crippen LogP contribution in [0.15, 0.2) is 88.8 Å². The second-order valence-electron chi connectivity index (χ2n) is 6.96. The predicted octanol–water partition coefficient (Wildman–Crippen LogP) is 5.25. The third-order valence-corrected chi connectivity index (χ3v) is 5.84. The van der Waals surface area contributed by atoms with Crippen molar-refractivity contribution in [2.45, 2.75) is 6.42 Å². The van der Waals surface area contributed by atoms with Crippen LogP contribution in [0.3, 0.4) is 0 Å². The lowest BCUT2D eigenvalue weighted by atomic mass is 10.1. The molecule has 31 heavy (non-hydrogen) atoms. The van der Waals surface area contributed by atoms with Crippen LogP contribution >= 0.6 is 11.8 Å². The molecule has 0 atom stereocenters. The van der Waals surface area contributed by atoms with Gasteiger partial charge < -0.3 is 9.84 Å². The van der Waals surface area contributed by atoms with Gasteiger partial charge in [0, 0.05) is 6.54 Å². The van der Waals surface area contributed by atoms with Crippen molar-refractivity contribution >= 4 is 34.6 Å². The van der Waals surface area contributed by atoms with E-state index in [9.17, 15) is 9.90 Å². The summed E-state index contributed by atoms with van der Waals surface area (Å²) < 4.78 is 5.18. The van der Waals surface area contributed by atoms with E-state index >= 15 is 0 Å². The number of phenolic OH excluding ortho intramolecular Hbond substituents is 1. The van der Waals surface area contributed by atoms with E-state index in [1.165, 1.54) is 24.4 Å². The molecule has 156 valence electrons. The molecule has 3 aromatic rings. The molecule has 4 rings (SSSR count). The average molecular weight is 431 g/mol. The number of hydrogen-bond acceptors (Lipinski definition) is 5. The molecule has 0 bridgehead atoms. The summed E-state index contributed by atoms with van der Waals surface area (Å²) in [5.41, 5.74) is 2.74. The third-order valence-electron chi connectivity index (χ3n) is 4.84. The van der Waals surface area contributed by atoms with Crippen molar-refractivity contribution in [1.82, 2.24) is 4.90 Å². The first-order valence-corrected chi connectivity index (χ1v) is 10.7. The fourth-order valence-corrected chi connectivity index (χ4v) is 4.25. The Morgan fingerprint density at radius 1 is 1.03 bits per heavy atom. The minimum absolute atomic E-state index is 0.0610. The van der Waals surface area contributed by atoms with Gasteiger partial charge in [0.2, 0.25) is 0 Å². The third kappa shape index (κ3) is 4.98. The highest BCUT2D eigenvalue weighted by molar-refractivity contribution is 8.18. The van der Waals surface area contributed by atoms with Gasteiger partial charge in [0.05, 0.1) is 17.7 Å². The molecule has 0 spiro atoms. The number of methoxy groups -OCH3 is 1. The van der Waals surface area contributed by atoms with E-state index in [0.29, 0.717) is 22.4 Å². The van der Waals surface area contributed by atoms with Gasteiger partial charge in [-0.3, -0.25) is 9.69 Å². The molecule has 0 aromatic heterocycles. The van der Waals surface area contributed by atoms with Gasteiger partial charge in [-0.25, -0.2) is 4.99 Å². The monoisotopic (exact) mass is 430 g/mol. The van der Waals surface area contributed by atoms with E-state index in [4.69, 9.17) is 9.73 Å². The lowest BCUT2D eigenvalue weighted by Crippen LogP contribution is -2.31. The first kappa shape index (κ1) is 20.8. The summed E-state index contributed by atoms with van der Waals surface area (Å²) in [5.74, 6) is 0.345. The number of benzene rings is 3. The van der Waals surface area contributed by atoms with Gasteiger partial charge in [-0.2, -0.15) is 0 Å². The minimum atomic E-state index is -0.0809. The fourth-order valence-electron chi connectivity index (χ4n) is 3.22. The number of aromatic hydroxyl groups is 1. The Labute approximate surface area is 185 Å². The Kier molecular flexibility index (Phi) is 6.38. The zero-order valence-corrected chi connectivity index (χ0v) is 17.9. The number of carbonyl (C=O) groups excluding carboxylic acids is 1. The number of aliphatic imine (C=N–C) groups is 1. The Hall–Kier alpha value is -3.51. The molecule has 1 aliphatic heterocycles. The van der Waals surface area contributed by atoms with E-state index in [2.05, 4.69) is 12.1 Å². The first-order valence-electron chi connectivity index (χ1n) is 9.90. The number of ether oxygens (including phenoxy) is 1. The molecule has 1 amide bonds. The van der Waals surface area contributed by atoms with Gasteiger partial charge in [-0.1, -0.05) is 54.6 Å². The van der Waals surface area contributed by atoms with Crippen molar-refractivity contribution in [3.63, 3.8) is 0 Å². The molecule has 3 aromatic carbocycles. The van der Waals surface area contributed by atoms with Gasteiger partial charge in [0.15, 0.2) is 16.7 Å². The van der Waals surface area contributed by atoms with Crippen LogP contribution in [-0.2, 0) is 11.2 Å². The maximum atomic E-state index is 13.2. The lowest BCUT2D eigenvalue weighted by molar-refractivity contribution is -0.122. The van der Waals surface area contributed by atoms with Crippen LogP contribution in [0.25, 0.3) is 6.08 Å². The fraction of sp³-hybridized carbons (Fsp3) is 0.120. The van der Waals surface area contributed by atoms with Crippen LogP contribution in [0.4, 0.5) is 5.69 Å². The molecule has 1 aliphatic rings. The number of phenols is 1. The number of rotatable bonds is 6. The summed E-state index contributed by atoms with van der Waals surface area (Å²) in [6.45, 7) is 0.539. The second-order valence-corrected chi connectivity index (χ2v) is 7.97. The van der Waals surface area contributed by atoms with Gasteiger partial charge in [0.25, 0.3) is 5.91 Å². The van der Waals surface area contributed by atoms with Gasteiger partial charge in [-0.15, -0.1) is 0 Å². The van der Waals surface area contributed by atoms with Gasteiger partial charge in [0.1, 0.15) is 0 Å². The SMILES string of the molecule is COc1cc(/C=C2/SC(=Nc3ccccc3)N(CCc3ccccc3)C2=O)ccc1O. The molecular formula is C25H22N2O3S. The van der Waals surface area contributed by atoms with E-state index in [1.54, 1.807) is 29.2 Å². The molecule has 1 N–H and O–H groups in total. The van der Waals surface area contributed by atoms with Crippen molar-refractivity contribution in [2.75, 3.05) is 13.7 Å². The van der Waals surface area contributed by atoms with E-state index < -0.39 is 0 Å². The average Bonchev–Trinajstić information content (AvgIpc) is 3.08. The van der Waals surface area contributed by atoms with Crippen LogP contribution in [0.5, 0.6) is 11.5 Å². The lowest BCUT2D eigenvalue weighted by Gasteiger charge is -2.15. The van der Waals surface area contributed by atoms with Crippen molar-refractivity contribution in [3.8, 4) is 11.5 Å².